The third-order valence-electron chi connectivity index (χ3n) is 3.54. The predicted octanol–water partition coefficient (Wildman–Crippen LogP) is 2.81. The average molecular weight is 466 g/mol. The van der Waals surface area contributed by atoms with Gasteiger partial charge in [0.25, 0.3) is 5.91 Å². The molecule has 0 atom stereocenters. The normalized spacial score (nSPS) is 11.1. The minimum atomic E-state index is -4.10. The first-order chi connectivity index (χ1) is 13.1. The van der Waals surface area contributed by atoms with E-state index < -0.39 is 33.4 Å². The number of rotatable bonds is 7. The second kappa shape index (κ2) is 9.58. The van der Waals surface area contributed by atoms with Gasteiger partial charge < -0.3 is 10.1 Å². The molecule has 0 radical (unpaired) electrons. The van der Waals surface area contributed by atoms with Crippen molar-refractivity contribution in [2.45, 2.75) is 11.3 Å². The molecule has 3 N–H and O–H groups in total. The van der Waals surface area contributed by atoms with Crippen LogP contribution in [0.2, 0.25) is 15.1 Å². The number of esters is 1. The molecule has 150 valence electrons. The van der Waals surface area contributed by atoms with E-state index >= 15 is 0 Å². The SMILES string of the molecule is NS(=O)(=O)c1cc(C(=O)OCC(=O)NCCc2ccc(Cl)cc2Cl)ccc1Cl. The number of benzene rings is 2. The minimum absolute atomic E-state index is 0.103. The van der Waals surface area contributed by atoms with Crippen molar-refractivity contribution < 1.29 is 22.7 Å². The Morgan fingerprint density at radius 1 is 1.04 bits per heavy atom. The van der Waals surface area contributed by atoms with Crippen LogP contribution in [0.5, 0.6) is 0 Å². The molecule has 0 fully saturated rings. The zero-order chi connectivity index (χ0) is 20.9. The highest BCUT2D eigenvalue weighted by Crippen LogP contribution is 2.22. The molecule has 0 saturated carbocycles. The number of sulfonamides is 1. The van der Waals surface area contributed by atoms with Crippen molar-refractivity contribution in [2.75, 3.05) is 13.2 Å². The molecule has 0 aliphatic rings. The third kappa shape index (κ3) is 6.35. The number of hydrogen-bond acceptors (Lipinski definition) is 5. The highest BCUT2D eigenvalue weighted by atomic mass is 35.5. The van der Waals surface area contributed by atoms with E-state index in [1.165, 1.54) is 12.1 Å². The number of amides is 1. The Hall–Kier alpha value is -1.84. The lowest BCUT2D eigenvalue weighted by Crippen LogP contribution is -2.30. The number of halogens is 3. The largest absolute Gasteiger partial charge is 0.452 e. The summed E-state index contributed by atoms with van der Waals surface area (Å²) in [5.74, 6) is -1.42. The Bertz CT molecular complexity index is 1010. The van der Waals surface area contributed by atoms with Crippen LogP contribution in [-0.4, -0.2) is 33.4 Å². The zero-order valence-corrected chi connectivity index (χ0v) is 17.3. The molecule has 2 rings (SSSR count). The zero-order valence-electron chi connectivity index (χ0n) is 14.2. The summed E-state index contributed by atoms with van der Waals surface area (Å²) in [5, 5.41) is 8.48. The number of nitrogens with one attached hydrogen (secondary N) is 1. The molecule has 0 unspecified atom stereocenters. The van der Waals surface area contributed by atoms with Crippen LogP contribution in [0.15, 0.2) is 41.3 Å². The molecular formula is C17H15Cl3N2O5S. The maximum atomic E-state index is 12.0. The fraction of sp³-hybridized carbons (Fsp3) is 0.176. The molecule has 0 aliphatic heterocycles. The van der Waals surface area contributed by atoms with Crippen molar-refractivity contribution in [3.05, 3.63) is 62.6 Å². The van der Waals surface area contributed by atoms with Crippen LogP contribution < -0.4 is 10.5 Å². The molecule has 0 saturated heterocycles. The van der Waals surface area contributed by atoms with Crippen LogP contribution in [0, 0.1) is 0 Å². The summed E-state index contributed by atoms with van der Waals surface area (Å²) >= 11 is 17.6. The summed E-state index contributed by atoms with van der Waals surface area (Å²) in [6.45, 7) is -0.269. The topological polar surface area (TPSA) is 116 Å². The Kier molecular flexibility index (Phi) is 7.68. The molecular weight excluding hydrogens is 451 g/mol. The number of ether oxygens (including phenoxy) is 1. The van der Waals surface area contributed by atoms with E-state index in [4.69, 9.17) is 44.7 Å². The predicted molar refractivity (Wildman–Crippen MR) is 106 cm³/mol. The van der Waals surface area contributed by atoms with Gasteiger partial charge in [-0.3, -0.25) is 4.79 Å². The maximum Gasteiger partial charge on any atom is 0.338 e. The number of hydrogen-bond donors (Lipinski definition) is 2. The van der Waals surface area contributed by atoms with Gasteiger partial charge in [-0.05, 0) is 42.3 Å². The lowest BCUT2D eigenvalue weighted by molar-refractivity contribution is -0.124. The van der Waals surface area contributed by atoms with Crippen molar-refractivity contribution >= 4 is 56.7 Å². The van der Waals surface area contributed by atoms with Crippen LogP contribution in [0.1, 0.15) is 15.9 Å². The van der Waals surface area contributed by atoms with Crippen molar-refractivity contribution in [1.29, 1.82) is 0 Å². The van der Waals surface area contributed by atoms with Crippen molar-refractivity contribution in [3.63, 3.8) is 0 Å². The second-order valence-electron chi connectivity index (χ2n) is 5.60. The third-order valence-corrected chi connectivity index (χ3v) is 5.52. The standard InChI is InChI=1S/C17H15Cl3N2O5S/c18-12-3-1-10(14(20)8-12)5-6-22-16(23)9-27-17(24)11-2-4-13(19)15(7-11)28(21,25)26/h1-4,7-8H,5-6,9H2,(H,22,23)(H2,21,25,26). The molecule has 0 spiro atoms. The summed E-state index contributed by atoms with van der Waals surface area (Å²) < 4.78 is 27.7. The van der Waals surface area contributed by atoms with Crippen LogP contribution in [-0.2, 0) is 26.0 Å². The van der Waals surface area contributed by atoms with Crippen molar-refractivity contribution in [2.24, 2.45) is 5.14 Å². The number of carbonyl (C=O) groups excluding carboxylic acids is 2. The van der Waals surface area contributed by atoms with Crippen LogP contribution >= 0.6 is 34.8 Å². The van der Waals surface area contributed by atoms with E-state index in [0.717, 1.165) is 11.6 Å². The Morgan fingerprint density at radius 3 is 2.39 bits per heavy atom. The summed E-state index contributed by atoms with van der Waals surface area (Å²) in [5.41, 5.74) is 0.703. The van der Waals surface area contributed by atoms with Gasteiger partial charge in [0.1, 0.15) is 4.90 Å². The van der Waals surface area contributed by atoms with Crippen LogP contribution in [0.3, 0.4) is 0 Å². The molecule has 0 heterocycles. The molecule has 7 nitrogen and oxygen atoms in total. The summed E-state index contributed by atoms with van der Waals surface area (Å²) in [6, 6.07) is 8.49. The smallest absolute Gasteiger partial charge is 0.338 e. The van der Waals surface area contributed by atoms with Crippen LogP contribution in [0.4, 0.5) is 0 Å². The Balaban J connectivity index is 1.86. The first-order valence-electron chi connectivity index (χ1n) is 7.78. The summed E-state index contributed by atoms with van der Waals surface area (Å²) in [6.07, 6.45) is 0.463. The molecule has 1 amide bonds. The van der Waals surface area contributed by atoms with E-state index in [1.54, 1.807) is 18.2 Å². The van der Waals surface area contributed by atoms with E-state index in [9.17, 15) is 18.0 Å². The van der Waals surface area contributed by atoms with Gasteiger partial charge in [-0.1, -0.05) is 40.9 Å². The van der Waals surface area contributed by atoms with E-state index in [-0.39, 0.29) is 17.1 Å². The second-order valence-corrected chi connectivity index (χ2v) is 8.38. The summed E-state index contributed by atoms with van der Waals surface area (Å²) in [7, 11) is -4.10. The van der Waals surface area contributed by atoms with Crippen LogP contribution in [0.25, 0.3) is 0 Å². The maximum absolute atomic E-state index is 12.0. The molecule has 0 aliphatic carbocycles. The van der Waals surface area contributed by atoms with Gasteiger partial charge in [0.15, 0.2) is 6.61 Å². The molecule has 2 aromatic rings. The summed E-state index contributed by atoms with van der Waals surface area (Å²) in [4.78, 5) is 23.4. The molecule has 28 heavy (non-hydrogen) atoms. The van der Waals surface area contributed by atoms with Crippen molar-refractivity contribution in [1.82, 2.24) is 5.32 Å². The van der Waals surface area contributed by atoms with Gasteiger partial charge in [0.05, 0.1) is 10.6 Å². The Morgan fingerprint density at radius 2 is 1.75 bits per heavy atom. The van der Waals surface area contributed by atoms with Gasteiger partial charge in [0, 0.05) is 16.6 Å². The van der Waals surface area contributed by atoms with Gasteiger partial charge in [-0.25, -0.2) is 18.4 Å². The van der Waals surface area contributed by atoms with Gasteiger partial charge in [-0.15, -0.1) is 0 Å². The monoisotopic (exact) mass is 464 g/mol. The van der Waals surface area contributed by atoms with E-state index in [1.807, 2.05) is 0 Å². The van der Waals surface area contributed by atoms with E-state index in [0.29, 0.717) is 16.5 Å². The fourth-order valence-corrected chi connectivity index (χ4v) is 3.75. The number of primary sulfonamides is 1. The Labute approximate surface area is 176 Å². The molecule has 0 bridgehead atoms. The van der Waals surface area contributed by atoms with Gasteiger partial charge in [-0.2, -0.15) is 0 Å². The first kappa shape index (κ1) is 22.4. The highest BCUT2D eigenvalue weighted by Gasteiger charge is 2.17. The quantitative estimate of drug-likeness (QED) is 0.610. The van der Waals surface area contributed by atoms with E-state index in [2.05, 4.69) is 5.32 Å². The van der Waals surface area contributed by atoms with Crippen molar-refractivity contribution in [3.8, 4) is 0 Å². The lowest BCUT2D eigenvalue weighted by Gasteiger charge is -2.09. The minimum Gasteiger partial charge on any atom is -0.452 e. The number of carbonyl (C=O) groups is 2. The van der Waals surface area contributed by atoms with Gasteiger partial charge >= 0.3 is 5.97 Å². The molecule has 2 aromatic carbocycles. The highest BCUT2D eigenvalue weighted by molar-refractivity contribution is 7.89. The average Bonchev–Trinajstić information content (AvgIpc) is 2.61. The molecule has 0 aromatic heterocycles. The molecule has 11 heteroatoms. The fourth-order valence-electron chi connectivity index (χ4n) is 2.17. The lowest BCUT2D eigenvalue weighted by atomic mass is 10.1. The first-order valence-corrected chi connectivity index (χ1v) is 10.5. The number of nitrogens with two attached hydrogens (primary N) is 1. The van der Waals surface area contributed by atoms with Gasteiger partial charge in [0.2, 0.25) is 10.0 Å².